The van der Waals surface area contributed by atoms with Crippen molar-refractivity contribution in [2.45, 2.75) is 5.41 Å². The van der Waals surface area contributed by atoms with Gasteiger partial charge in [0.25, 0.3) is 0 Å². The largest absolute Gasteiger partial charge is 0.248 e. The van der Waals surface area contributed by atoms with Gasteiger partial charge in [-0.15, -0.1) is 0 Å². The lowest BCUT2D eigenvalue weighted by atomic mass is 9.70. The molecule has 0 radical (unpaired) electrons. The van der Waals surface area contributed by atoms with Gasteiger partial charge >= 0.3 is 0 Å². The molecule has 0 fully saturated rings. The molecule has 0 N–H and O–H groups in total. The van der Waals surface area contributed by atoms with E-state index in [9.17, 15) is 0 Å². The molecule has 2 heterocycles. The van der Waals surface area contributed by atoms with Crippen LogP contribution in [0, 0.1) is 0 Å². The molecule has 10 rings (SSSR count). The quantitative estimate of drug-likeness (QED) is 0.207. The van der Waals surface area contributed by atoms with E-state index in [1.54, 1.807) is 0 Å². The number of para-hydroxylation sites is 2. The normalized spacial score (nSPS) is 13.5. The molecule has 0 saturated heterocycles. The van der Waals surface area contributed by atoms with Crippen LogP contribution in [0.3, 0.4) is 0 Å². The Hall–Kier alpha value is -5.86. The van der Waals surface area contributed by atoms with Crippen LogP contribution >= 0.6 is 0 Å². The van der Waals surface area contributed by atoms with Crippen LogP contribution in [0.25, 0.3) is 66.6 Å². The topological polar surface area (TPSA) is 25.8 Å². The number of hydrogen-bond donors (Lipinski definition) is 0. The molecule has 2 aliphatic carbocycles. The lowest BCUT2D eigenvalue weighted by Gasteiger charge is -2.31. The summed E-state index contributed by atoms with van der Waals surface area (Å²) >= 11 is 0. The highest BCUT2D eigenvalue weighted by Crippen LogP contribution is 2.63. The molecule has 45 heavy (non-hydrogen) atoms. The second-order valence-electron chi connectivity index (χ2n) is 12.1. The van der Waals surface area contributed by atoms with Crippen LogP contribution in [-0.2, 0) is 5.41 Å². The Morgan fingerprint density at radius 1 is 0.333 bits per heavy atom. The van der Waals surface area contributed by atoms with E-state index in [1.165, 1.54) is 44.5 Å². The zero-order valence-corrected chi connectivity index (χ0v) is 24.4. The summed E-state index contributed by atoms with van der Waals surface area (Å²) in [6, 6.07) is 57.2. The first kappa shape index (κ1) is 24.6. The molecule has 1 spiro atoms. The van der Waals surface area contributed by atoms with Crippen LogP contribution in [-0.4, -0.2) is 9.97 Å². The van der Waals surface area contributed by atoms with E-state index in [-0.39, 0.29) is 0 Å². The minimum Gasteiger partial charge on any atom is -0.248 e. The molecule has 2 heteroatoms. The van der Waals surface area contributed by atoms with Gasteiger partial charge in [0.2, 0.25) is 0 Å². The lowest BCUT2D eigenvalue weighted by molar-refractivity contribution is 0.794. The summed E-state index contributed by atoms with van der Waals surface area (Å²) in [5.41, 5.74) is 16.3. The Balaban J connectivity index is 1.26. The number of nitrogens with zero attached hydrogens (tertiary/aromatic N) is 2. The van der Waals surface area contributed by atoms with Crippen molar-refractivity contribution in [1.29, 1.82) is 0 Å². The summed E-state index contributed by atoms with van der Waals surface area (Å²) in [6.07, 6.45) is 0. The molecule has 8 aromatic rings. The number of pyridine rings is 2. The standard InChI is InChI=1S/C43H26N2/c1-7-15-39-27(9-1)19-23-41(44-39)29-17-21-33-31-11-3-5-13-35(31)43(37(33)25-29)36-14-6-4-12-32(36)34-22-18-30(26-38(34)43)42-24-20-28-10-2-8-16-40(28)45-42/h1-26H. The van der Waals surface area contributed by atoms with Gasteiger partial charge < -0.3 is 0 Å². The monoisotopic (exact) mass is 570 g/mol. The third-order valence-corrected chi connectivity index (χ3v) is 9.88. The molecular weight excluding hydrogens is 544 g/mol. The second-order valence-corrected chi connectivity index (χ2v) is 12.1. The van der Waals surface area contributed by atoms with Gasteiger partial charge in [0, 0.05) is 21.9 Å². The minimum atomic E-state index is -0.447. The molecule has 0 atom stereocenters. The van der Waals surface area contributed by atoms with Crippen LogP contribution in [0.2, 0.25) is 0 Å². The first-order valence-electron chi connectivity index (χ1n) is 15.5. The van der Waals surface area contributed by atoms with Crippen molar-refractivity contribution in [3.63, 3.8) is 0 Å². The molecule has 0 bridgehead atoms. The third kappa shape index (κ3) is 3.34. The maximum absolute atomic E-state index is 5.09. The van der Waals surface area contributed by atoms with E-state index in [0.29, 0.717) is 0 Å². The van der Waals surface area contributed by atoms with Gasteiger partial charge in [0.1, 0.15) is 0 Å². The second kappa shape index (κ2) is 9.07. The van der Waals surface area contributed by atoms with Crippen LogP contribution < -0.4 is 0 Å². The fourth-order valence-corrected chi connectivity index (χ4v) is 7.91. The molecule has 2 aromatic heterocycles. The van der Waals surface area contributed by atoms with E-state index < -0.39 is 5.41 Å². The Morgan fingerprint density at radius 3 is 1.27 bits per heavy atom. The fourth-order valence-electron chi connectivity index (χ4n) is 7.91. The molecule has 0 saturated carbocycles. The Bertz CT molecular complexity index is 2330. The SMILES string of the molecule is c1ccc2c(c1)-c1ccc(-c3ccc4ccccc4n3)cc1C21c2ccccc2-c2ccc(-c3ccc4ccccc4n3)cc21. The summed E-state index contributed by atoms with van der Waals surface area (Å²) in [6.45, 7) is 0. The molecule has 0 aliphatic heterocycles. The number of rotatable bonds is 2. The molecule has 2 aliphatic rings. The Kier molecular flexibility index (Phi) is 4.95. The van der Waals surface area contributed by atoms with Crippen molar-refractivity contribution in [2.24, 2.45) is 0 Å². The van der Waals surface area contributed by atoms with Crippen molar-refractivity contribution in [3.8, 4) is 44.8 Å². The van der Waals surface area contributed by atoms with Crippen LogP contribution in [0.1, 0.15) is 22.3 Å². The first-order chi connectivity index (χ1) is 22.3. The highest BCUT2D eigenvalue weighted by molar-refractivity contribution is 5.97. The van der Waals surface area contributed by atoms with Crippen LogP contribution in [0.5, 0.6) is 0 Å². The van der Waals surface area contributed by atoms with Gasteiger partial charge in [0.15, 0.2) is 0 Å². The Morgan fingerprint density at radius 2 is 0.756 bits per heavy atom. The van der Waals surface area contributed by atoms with Crippen molar-refractivity contribution >= 4 is 21.8 Å². The maximum Gasteiger partial charge on any atom is 0.0725 e. The number of benzene rings is 6. The van der Waals surface area contributed by atoms with Crippen LogP contribution in [0.15, 0.2) is 158 Å². The maximum atomic E-state index is 5.09. The van der Waals surface area contributed by atoms with Gasteiger partial charge in [-0.25, -0.2) is 9.97 Å². The summed E-state index contributed by atoms with van der Waals surface area (Å²) in [4.78, 5) is 10.2. The third-order valence-electron chi connectivity index (χ3n) is 9.88. The summed E-state index contributed by atoms with van der Waals surface area (Å²) in [5, 5.41) is 2.31. The Labute approximate surface area is 261 Å². The van der Waals surface area contributed by atoms with Crippen molar-refractivity contribution in [2.75, 3.05) is 0 Å². The van der Waals surface area contributed by atoms with Gasteiger partial charge in [-0.05, 0) is 80.9 Å². The molecule has 6 aromatic carbocycles. The van der Waals surface area contributed by atoms with Gasteiger partial charge in [0.05, 0.1) is 27.8 Å². The predicted molar refractivity (Wildman–Crippen MR) is 184 cm³/mol. The van der Waals surface area contributed by atoms with E-state index in [4.69, 9.17) is 9.97 Å². The van der Waals surface area contributed by atoms with Gasteiger partial charge in [-0.3, -0.25) is 0 Å². The summed E-state index contributed by atoms with van der Waals surface area (Å²) < 4.78 is 0. The minimum absolute atomic E-state index is 0.447. The predicted octanol–water partition coefficient (Wildman–Crippen LogP) is 10.5. The average Bonchev–Trinajstić information content (AvgIpc) is 3.58. The van der Waals surface area contributed by atoms with E-state index in [2.05, 4.69) is 158 Å². The van der Waals surface area contributed by atoms with E-state index >= 15 is 0 Å². The van der Waals surface area contributed by atoms with Gasteiger partial charge in [-0.2, -0.15) is 0 Å². The van der Waals surface area contributed by atoms with Gasteiger partial charge in [-0.1, -0.05) is 121 Å². The highest BCUT2D eigenvalue weighted by atomic mass is 14.7. The molecular formula is C43H26N2. The van der Waals surface area contributed by atoms with Crippen molar-refractivity contribution in [3.05, 3.63) is 180 Å². The number of fused-ring (bicyclic) bond motifs is 12. The van der Waals surface area contributed by atoms with Crippen LogP contribution in [0.4, 0.5) is 0 Å². The fraction of sp³-hybridized carbons (Fsp3) is 0.0233. The number of aromatic nitrogens is 2. The molecule has 2 nitrogen and oxygen atoms in total. The number of hydrogen-bond acceptors (Lipinski definition) is 2. The highest BCUT2D eigenvalue weighted by Gasteiger charge is 2.51. The average molecular weight is 571 g/mol. The van der Waals surface area contributed by atoms with Crippen molar-refractivity contribution < 1.29 is 0 Å². The zero-order chi connectivity index (χ0) is 29.5. The molecule has 208 valence electrons. The summed E-state index contributed by atoms with van der Waals surface area (Å²) in [7, 11) is 0. The first-order valence-corrected chi connectivity index (χ1v) is 15.5. The smallest absolute Gasteiger partial charge is 0.0725 e. The van der Waals surface area contributed by atoms with E-state index in [1.807, 2.05) is 0 Å². The van der Waals surface area contributed by atoms with Crippen molar-refractivity contribution in [1.82, 2.24) is 9.97 Å². The van der Waals surface area contributed by atoms with E-state index in [0.717, 1.165) is 44.3 Å². The molecule has 0 amide bonds. The zero-order valence-electron chi connectivity index (χ0n) is 24.4. The lowest BCUT2D eigenvalue weighted by Crippen LogP contribution is -2.26. The summed E-state index contributed by atoms with van der Waals surface area (Å²) in [5.74, 6) is 0. The molecule has 0 unspecified atom stereocenters.